The van der Waals surface area contributed by atoms with Crippen LogP contribution in [0.25, 0.3) is 0 Å². The molecule has 1 saturated heterocycles. The molecule has 110 valence electrons. The lowest BCUT2D eigenvalue weighted by Gasteiger charge is -2.36. The van der Waals surface area contributed by atoms with Gasteiger partial charge in [-0.25, -0.2) is 0 Å². The van der Waals surface area contributed by atoms with Crippen molar-refractivity contribution < 1.29 is 5.21 Å². The summed E-state index contributed by atoms with van der Waals surface area (Å²) >= 11 is 0. The van der Waals surface area contributed by atoms with Crippen LogP contribution in [0.1, 0.15) is 24.1 Å². The van der Waals surface area contributed by atoms with Crippen LogP contribution in [0.3, 0.4) is 0 Å². The number of oxime groups is 1. The first-order valence-electron chi connectivity index (χ1n) is 6.92. The van der Waals surface area contributed by atoms with Crippen LogP contribution < -0.4 is 5.73 Å². The number of amidine groups is 1. The highest BCUT2D eigenvalue weighted by Crippen LogP contribution is 2.17. The summed E-state index contributed by atoms with van der Waals surface area (Å²) in [6.45, 7) is 2.90. The maximum absolute atomic E-state index is 8.84. The topological polar surface area (TPSA) is 78.0 Å². The zero-order chi connectivity index (χ0) is 14.5. The van der Waals surface area contributed by atoms with Gasteiger partial charge in [-0.1, -0.05) is 11.2 Å². The Kier molecular flexibility index (Phi) is 4.92. The molecule has 0 saturated carbocycles. The van der Waals surface area contributed by atoms with Crippen LogP contribution in [-0.4, -0.2) is 59.1 Å². The Hall–Kier alpha value is -1.66. The third-order valence-electron chi connectivity index (χ3n) is 3.85. The van der Waals surface area contributed by atoms with Crippen molar-refractivity contribution in [2.75, 3.05) is 27.2 Å². The van der Waals surface area contributed by atoms with E-state index < -0.39 is 0 Å². The van der Waals surface area contributed by atoms with Crippen molar-refractivity contribution >= 4 is 5.84 Å². The maximum Gasteiger partial charge on any atom is 0.189 e. The summed E-state index contributed by atoms with van der Waals surface area (Å²) < 4.78 is 0. The molecule has 1 atom stereocenters. The predicted molar refractivity (Wildman–Crippen MR) is 78.7 cm³/mol. The molecule has 0 radical (unpaired) electrons. The second kappa shape index (κ2) is 6.67. The molecule has 20 heavy (non-hydrogen) atoms. The highest BCUT2D eigenvalue weighted by atomic mass is 16.4. The van der Waals surface area contributed by atoms with E-state index >= 15 is 0 Å². The van der Waals surface area contributed by atoms with Gasteiger partial charge in [-0.2, -0.15) is 0 Å². The van der Waals surface area contributed by atoms with Crippen molar-refractivity contribution in [3.05, 3.63) is 29.6 Å². The number of hydrogen-bond donors (Lipinski definition) is 2. The first kappa shape index (κ1) is 14.7. The monoisotopic (exact) mass is 277 g/mol. The molecule has 1 aliphatic heterocycles. The normalized spacial score (nSPS) is 21.4. The molecule has 6 heteroatoms. The second-order valence-electron chi connectivity index (χ2n) is 5.49. The van der Waals surface area contributed by atoms with Gasteiger partial charge in [-0.15, -0.1) is 0 Å². The summed E-state index contributed by atoms with van der Waals surface area (Å²) in [5.41, 5.74) is 7.26. The van der Waals surface area contributed by atoms with Gasteiger partial charge < -0.3 is 15.8 Å². The van der Waals surface area contributed by atoms with E-state index in [9.17, 15) is 0 Å². The molecular weight excluding hydrogens is 254 g/mol. The van der Waals surface area contributed by atoms with E-state index in [2.05, 4.69) is 34.0 Å². The fraction of sp³-hybridized carbons (Fsp3) is 0.571. The SMILES string of the molecule is CN(C)C1CCCN(Cc2cccnc2C(N)=NO)C1. The van der Waals surface area contributed by atoms with Gasteiger partial charge in [0.15, 0.2) is 5.84 Å². The van der Waals surface area contributed by atoms with Crippen LogP contribution in [0, 0.1) is 0 Å². The average Bonchev–Trinajstić information content (AvgIpc) is 2.47. The van der Waals surface area contributed by atoms with Gasteiger partial charge in [0.2, 0.25) is 0 Å². The van der Waals surface area contributed by atoms with Gasteiger partial charge >= 0.3 is 0 Å². The van der Waals surface area contributed by atoms with Crippen LogP contribution in [0.5, 0.6) is 0 Å². The molecule has 2 rings (SSSR count). The quantitative estimate of drug-likeness (QED) is 0.367. The molecule has 0 bridgehead atoms. The standard InChI is InChI=1S/C14H23N5O/c1-18(2)12-6-4-8-19(10-12)9-11-5-3-7-16-13(11)14(15)17-20/h3,5,7,12,20H,4,6,8-10H2,1-2H3,(H2,15,17). The van der Waals surface area contributed by atoms with Gasteiger partial charge in [0, 0.05) is 25.3 Å². The summed E-state index contributed by atoms with van der Waals surface area (Å²) in [6.07, 6.45) is 4.10. The molecule has 6 nitrogen and oxygen atoms in total. The smallest absolute Gasteiger partial charge is 0.189 e. The summed E-state index contributed by atoms with van der Waals surface area (Å²) in [6, 6.07) is 4.46. The van der Waals surface area contributed by atoms with Crippen molar-refractivity contribution in [2.45, 2.75) is 25.4 Å². The molecule has 2 heterocycles. The number of pyridine rings is 1. The van der Waals surface area contributed by atoms with Gasteiger partial charge in [-0.3, -0.25) is 9.88 Å². The fourth-order valence-electron chi connectivity index (χ4n) is 2.68. The van der Waals surface area contributed by atoms with E-state index in [1.54, 1.807) is 6.20 Å². The minimum absolute atomic E-state index is 0.0711. The molecule has 1 unspecified atom stereocenters. The summed E-state index contributed by atoms with van der Waals surface area (Å²) in [5, 5.41) is 11.9. The van der Waals surface area contributed by atoms with Crippen LogP contribution >= 0.6 is 0 Å². The molecule has 0 spiro atoms. The molecule has 1 fully saturated rings. The fourth-order valence-corrected chi connectivity index (χ4v) is 2.68. The number of aromatic nitrogens is 1. The van der Waals surface area contributed by atoms with E-state index in [1.165, 1.54) is 12.8 Å². The Morgan fingerprint density at radius 1 is 1.60 bits per heavy atom. The van der Waals surface area contributed by atoms with E-state index in [4.69, 9.17) is 10.9 Å². The number of nitrogens with two attached hydrogens (primary N) is 1. The first-order chi connectivity index (χ1) is 9.61. The van der Waals surface area contributed by atoms with Crippen molar-refractivity contribution in [2.24, 2.45) is 10.9 Å². The van der Waals surface area contributed by atoms with Crippen LogP contribution in [-0.2, 0) is 6.54 Å². The van der Waals surface area contributed by atoms with Gasteiger partial charge in [0.1, 0.15) is 5.69 Å². The molecular formula is C14H23N5O. The van der Waals surface area contributed by atoms with Gasteiger partial charge in [0.25, 0.3) is 0 Å². The molecule has 3 N–H and O–H groups in total. The first-order valence-corrected chi connectivity index (χ1v) is 6.92. The number of likely N-dealkylation sites (N-methyl/N-ethyl adjacent to an activating group) is 1. The lowest BCUT2D eigenvalue weighted by Crippen LogP contribution is -2.44. The Labute approximate surface area is 119 Å². The third-order valence-corrected chi connectivity index (χ3v) is 3.85. The number of rotatable bonds is 4. The lowest BCUT2D eigenvalue weighted by atomic mass is 10.0. The summed E-state index contributed by atoms with van der Waals surface area (Å²) in [4.78, 5) is 8.90. The molecule has 1 aromatic rings. The van der Waals surface area contributed by atoms with E-state index in [0.717, 1.165) is 25.2 Å². The molecule has 1 aromatic heterocycles. The third kappa shape index (κ3) is 3.46. The van der Waals surface area contributed by atoms with E-state index in [-0.39, 0.29) is 5.84 Å². The van der Waals surface area contributed by atoms with E-state index in [1.807, 2.05) is 12.1 Å². The van der Waals surface area contributed by atoms with Crippen LogP contribution in [0.15, 0.2) is 23.5 Å². The molecule has 0 amide bonds. The minimum atomic E-state index is 0.0711. The number of nitrogens with zero attached hydrogens (tertiary/aromatic N) is 4. The van der Waals surface area contributed by atoms with Gasteiger partial charge in [-0.05, 0) is 45.1 Å². The average molecular weight is 277 g/mol. The Bertz CT molecular complexity index is 474. The number of hydrogen-bond acceptors (Lipinski definition) is 5. The largest absolute Gasteiger partial charge is 0.409 e. The van der Waals surface area contributed by atoms with Crippen LogP contribution in [0.4, 0.5) is 0 Å². The molecule has 0 aromatic carbocycles. The number of likely N-dealkylation sites (tertiary alicyclic amines) is 1. The Morgan fingerprint density at radius 3 is 3.10 bits per heavy atom. The Morgan fingerprint density at radius 2 is 2.40 bits per heavy atom. The summed E-state index contributed by atoms with van der Waals surface area (Å²) in [7, 11) is 4.25. The zero-order valence-electron chi connectivity index (χ0n) is 12.2. The van der Waals surface area contributed by atoms with Gasteiger partial charge in [0.05, 0.1) is 0 Å². The highest BCUT2D eigenvalue weighted by molar-refractivity contribution is 5.96. The summed E-state index contributed by atoms with van der Waals surface area (Å²) in [5.74, 6) is 0.0711. The predicted octanol–water partition coefficient (Wildman–Crippen LogP) is 0.702. The Balaban J connectivity index is 2.10. The zero-order valence-corrected chi connectivity index (χ0v) is 12.2. The lowest BCUT2D eigenvalue weighted by molar-refractivity contribution is 0.128. The van der Waals surface area contributed by atoms with E-state index in [0.29, 0.717) is 11.7 Å². The maximum atomic E-state index is 8.84. The van der Waals surface area contributed by atoms with Crippen LogP contribution in [0.2, 0.25) is 0 Å². The second-order valence-corrected chi connectivity index (χ2v) is 5.49. The highest BCUT2D eigenvalue weighted by Gasteiger charge is 2.22. The number of piperidine rings is 1. The molecule has 1 aliphatic rings. The van der Waals surface area contributed by atoms with Crippen molar-refractivity contribution in [1.82, 2.24) is 14.8 Å². The molecule has 0 aliphatic carbocycles. The van der Waals surface area contributed by atoms with Crippen molar-refractivity contribution in [3.63, 3.8) is 0 Å². The van der Waals surface area contributed by atoms with Crippen molar-refractivity contribution in [3.8, 4) is 0 Å². The minimum Gasteiger partial charge on any atom is -0.409 e. The van der Waals surface area contributed by atoms with Crippen molar-refractivity contribution in [1.29, 1.82) is 0 Å².